The first-order valence-corrected chi connectivity index (χ1v) is 10.6. The maximum atomic E-state index is 12.4. The van der Waals surface area contributed by atoms with Crippen molar-refractivity contribution in [1.82, 2.24) is 10.6 Å². The number of ether oxygens (including phenoxy) is 3. The lowest BCUT2D eigenvalue weighted by Crippen LogP contribution is -2.42. The van der Waals surface area contributed by atoms with E-state index in [-0.39, 0.29) is 12.2 Å². The van der Waals surface area contributed by atoms with Crippen molar-refractivity contribution in [2.24, 2.45) is 0 Å². The van der Waals surface area contributed by atoms with Gasteiger partial charge in [0, 0.05) is 17.3 Å². The van der Waals surface area contributed by atoms with Gasteiger partial charge in [-0.3, -0.25) is 14.9 Å². The third-order valence-electron chi connectivity index (χ3n) is 4.94. The summed E-state index contributed by atoms with van der Waals surface area (Å²) in [7, 11) is 0. The van der Waals surface area contributed by atoms with Crippen molar-refractivity contribution < 1.29 is 33.4 Å². The lowest BCUT2D eigenvalue weighted by Gasteiger charge is -2.19. The lowest BCUT2D eigenvalue weighted by atomic mass is 9.86. The lowest BCUT2D eigenvalue weighted by molar-refractivity contribution is -0.149. The number of amides is 4. The van der Waals surface area contributed by atoms with E-state index >= 15 is 0 Å². The average molecular weight is 469 g/mol. The van der Waals surface area contributed by atoms with Crippen LogP contribution in [-0.2, 0) is 19.7 Å². The van der Waals surface area contributed by atoms with E-state index in [2.05, 4.69) is 31.4 Å². The number of benzene rings is 2. The van der Waals surface area contributed by atoms with Gasteiger partial charge in [0.25, 0.3) is 11.8 Å². The fourth-order valence-corrected chi connectivity index (χ4v) is 3.02. The van der Waals surface area contributed by atoms with Gasteiger partial charge in [-0.1, -0.05) is 32.9 Å². The van der Waals surface area contributed by atoms with Crippen molar-refractivity contribution in [2.75, 3.05) is 18.7 Å². The third kappa shape index (κ3) is 6.47. The van der Waals surface area contributed by atoms with Crippen LogP contribution in [0.2, 0.25) is 0 Å². The van der Waals surface area contributed by atoms with Crippen LogP contribution >= 0.6 is 0 Å². The standard InChI is InChI=1S/C24H27N3O7/c1-14(25-21(29)15-5-7-16(8-6-15)24(2,3)4)22(30)32-12-20(28)27-23(31)26-17-9-10-18-19(11-17)34-13-33-18/h5-11,14H,12-13H2,1-4H3,(H,25,29)(H2,26,27,28,31)/t14-/m0/s1. The SMILES string of the molecule is C[C@H](NC(=O)c1ccc(C(C)(C)C)cc1)C(=O)OCC(=O)NC(=O)Nc1ccc2c(c1)OCO2. The molecule has 0 saturated carbocycles. The van der Waals surface area contributed by atoms with Gasteiger partial charge in [0.15, 0.2) is 18.1 Å². The van der Waals surface area contributed by atoms with Crippen molar-refractivity contribution in [3.8, 4) is 11.5 Å². The van der Waals surface area contributed by atoms with Crippen molar-refractivity contribution in [1.29, 1.82) is 0 Å². The second kappa shape index (κ2) is 10.2. The van der Waals surface area contributed by atoms with E-state index in [1.807, 2.05) is 17.4 Å². The zero-order valence-corrected chi connectivity index (χ0v) is 19.4. The average Bonchev–Trinajstić information content (AvgIpc) is 3.24. The number of urea groups is 1. The number of rotatable bonds is 6. The van der Waals surface area contributed by atoms with E-state index in [4.69, 9.17) is 14.2 Å². The molecule has 34 heavy (non-hydrogen) atoms. The van der Waals surface area contributed by atoms with Crippen molar-refractivity contribution in [3.05, 3.63) is 53.6 Å². The van der Waals surface area contributed by atoms with Gasteiger partial charge >= 0.3 is 12.0 Å². The molecule has 1 aliphatic heterocycles. The third-order valence-corrected chi connectivity index (χ3v) is 4.94. The van der Waals surface area contributed by atoms with Gasteiger partial charge in [-0.2, -0.15) is 0 Å². The van der Waals surface area contributed by atoms with E-state index in [1.54, 1.807) is 30.3 Å². The molecule has 180 valence electrons. The molecule has 1 aliphatic rings. The molecule has 0 aromatic heterocycles. The molecule has 0 spiro atoms. The Morgan fingerprint density at radius 3 is 2.35 bits per heavy atom. The second-order valence-corrected chi connectivity index (χ2v) is 8.70. The summed E-state index contributed by atoms with van der Waals surface area (Å²) in [6, 6.07) is 10.0. The van der Waals surface area contributed by atoms with E-state index in [9.17, 15) is 19.2 Å². The van der Waals surface area contributed by atoms with Gasteiger partial charge in [0.1, 0.15) is 6.04 Å². The predicted molar refractivity (Wildman–Crippen MR) is 123 cm³/mol. The Hall–Kier alpha value is -4.08. The molecule has 2 aromatic carbocycles. The predicted octanol–water partition coefficient (Wildman–Crippen LogP) is 2.72. The molecule has 1 heterocycles. The molecule has 0 fully saturated rings. The Bertz CT molecular complexity index is 1090. The molecule has 4 amide bonds. The van der Waals surface area contributed by atoms with Crippen LogP contribution in [0.3, 0.4) is 0 Å². The molecule has 10 heteroatoms. The molecular weight excluding hydrogens is 442 g/mol. The van der Waals surface area contributed by atoms with Crippen LogP contribution in [0.25, 0.3) is 0 Å². The molecule has 0 unspecified atom stereocenters. The van der Waals surface area contributed by atoms with Gasteiger partial charge in [0.2, 0.25) is 6.79 Å². The number of imide groups is 1. The molecular formula is C24H27N3O7. The summed E-state index contributed by atoms with van der Waals surface area (Å²) in [5.41, 5.74) is 1.81. The first-order chi connectivity index (χ1) is 16.0. The molecule has 0 bridgehead atoms. The first kappa shape index (κ1) is 24.6. The summed E-state index contributed by atoms with van der Waals surface area (Å²) in [5.74, 6) is -1.07. The number of fused-ring (bicyclic) bond motifs is 1. The van der Waals surface area contributed by atoms with Gasteiger partial charge in [-0.15, -0.1) is 0 Å². The van der Waals surface area contributed by atoms with Crippen LogP contribution in [-0.4, -0.2) is 43.3 Å². The molecule has 0 aliphatic carbocycles. The van der Waals surface area contributed by atoms with Crippen LogP contribution in [0.4, 0.5) is 10.5 Å². The normalized spacial score (nSPS) is 12.9. The Morgan fingerprint density at radius 1 is 1.00 bits per heavy atom. The van der Waals surface area contributed by atoms with Crippen LogP contribution in [0, 0.1) is 0 Å². The second-order valence-electron chi connectivity index (χ2n) is 8.70. The van der Waals surface area contributed by atoms with E-state index in [1.165, 1.54) is 6.92 Å². The quantitative estimate of drug-likeness (QED) is 0.554. The Labute approximate surface area is 196 Å². The highest BCUT2D eigenvalue weighted by molar-refractivity contribution is 6.02. The van der Waals surface area contributed by atoms with Crippen LogP contribution in [0.5, 0.6) is 11.5 Å². The fraction of sp³-hybridized carbons (Fsp3) is 0.333. The topological polar surface area (TPSA) is 132 Å². The van der Waals surface area contributed by atoms with E-state index in [0.717, 1.165) is 5.56 Å². The molecule has 2 aromatic rings. The van der Waals surface area contributed by atoms with E-state index < -0.39 is 36.5 Å². The molecule has 3 rings (SSSR count). The summed E-state index contributed by atoms with van der Waals surface area (Å²) in [5, 5.41) is 7.04. The van der Waals surface area contributed by atoms with Gasteiger partial charge in [-0.25, -0.2) is 9.59 Å². The fourth-order valence-electron chi connectivity index (χ4n) is 3.02. The molecule has 0 saturated heterocycles. The maximum absolute atomic E-state index is 12.4. The Balaban J connectivity index is 1.42. The van der Waals surface area contributed by atoms with Crippen molar-refractivity contribution in [2.45, 2.75) is 39.2 Å². The zero-order valence-electron chi connectivity index (χ0n) is 19.4. The number of carbonyl (C=O) groups excluding carboxylic acids is 4. The molecule has 0 radical (unpaired) electrons. The first-order valence-electron chi connectivity index (χ1n) is 10.6. The Kier molecular flexibility index (Phi) is 7.40. The highest BCUT2D eigenvalue weighted by Gasteiger charge is 2.21. The van der Waals surface area contributed by atoms with Crippen molar-refractivity contribution in [3.63, 3.8) is 0 Å². The Morgan fingerprint density at radius 2 is 1.68 bits per heavy atom. The van der Waals surface area contributed by atoms with Gasteiger partial charge in [-0.05, 0) is 42.2 Å². The number of anilines is 1. The highest BCUT2D eigenvalue weighted by atomic mass is 16.7. The number of nitrogens with one attached hydrogen (secondary N) is 3. The number of hydrogen-bond acceptors (Lipinski definition) is 7. The molecule has 1 atom stereocenters. The molecule has 3 N–H and O–H groups in total. The molecule has 10 nitrogen and oxygen atoms in total. The number of esters is 1. The summed E-state index contributed by atoms with van der Waals surface area (Å²) >= 11 is 0. The van der Waals surface area contributed by atoms with Crippen LogP contribution < -0.4 is 25.4 Å². The number of hydrogen-bond donors (Lipinski definition) is 3. The summed E-state index contributed by atoms with van der Waals surface area (Å²) < 4.78 is 15.3. The summed E-state index contributed by atoms with van der Waals surface area (Å²) in [4.78, 5) is 48.4. The minimum atomic E-state index is -0.995. The number of carbonyl (C=O) groups is 4. The van der Waals surface area contributed by atoms with Gasteiger partial charge < -0.3 is 24.8 Å². The summed E-state index contributed by atoms with van der Waals surface area (Å²) in [6.45, 7) is 7.05. The summed E-state index contributed by atoms with van der Waals surface area (Å²) in [6.07, 6.45) is 0. The van der Waals surface area contributed by atoms with Crippen molar-refractivity contribution >= 4 is 29.5 Å². The largest absolute Gasteiger partial charge is 0.454 e. The minimum absolute atomic E-state index is 0.0476. The zero-order chi connectivity index (χ0) is 24.9. The monoisotopic (exact) mass is 469 g/mol. The van der Waals surface area contributed by atoms with E-state index in [0.29, 0.717) is 22.7 Å². The van der Waals surface area contributed by atoms with Crippen LogP contribution in [0.15, 0.2) is 42.5 Å². The van der Waals surface area contributed by atoms with Gasteiger partial charge in [0.05, 0.1) is 0 Å². The highest BCUT2D eigenvalue weighted by Crippen LogP contribution is 2.34. The maximum Gasteiger partial charge on any atom is 0.328 e. The smallest absolute Gasteiger partial charge is 0.328 e. The minimum Gasteiger partial charge on any atom is -0.454 e. The van der Waals surface area contributed by atoms with Crippen LogP contribution in [0.1, 0.15) is 43.6 Å².